The first kappa shape index (κ1) is 14.4. The molecule has 23 heavy (non-hydrogen) atoms. The fraction of sp³-hybridized carbons (Fsp3) is 0.471. The normalized spacial score (nSPS) is 24.5. The lowest BCUT2D eigenvalue weighted by Crippen LogP contribution is -2.35. The predicted molar refractivity (Wildman–Crippen MR) is 87.5 cm³/mol. The van der Waals surface area contributed by atoms with Crippen molar-refractivity contribution in [3.8, 4) is 0 Å². The number of rotatable bonds is 4. The first-order chi connectivity index (χ1) is 11.2. The first-order valence-corrected chi connectivity index (χ1v) is 8.12. The molecule has 4 rings (SSSR count). The van der Waals surface area contributed by atoms with Crippen LogP contribution < -0.4 is 5.32 Å². The lowest BCUT2D eigenvalue weighted by atomic mass is 9.99. The van der Waals surface area contributed by atoms with Gasteiger partial charge in [0, 0.05) is 24.9 Å². The van der Waals surface area contributed by atoms with E-state index in [0.717, 1.165) is 31.1 Å². The van der Waals surface area contributed by atoms with Crippen molar-refractivity contribution in [2.75, 3.05) is 11.9 Å². The van der Waals surface area contributed by atoms with E-state index in [1.807, 2.05) is 0 Å². The Kier molecular flexibility index (Phi) is 3.61. The van der Waals surface area contributed by atoms with Crippen molar-refractivity contribution >= 4 is 22.3 Å². The molecule has 2 fully saturated rings. The highest BCUT2D eigenvalue weighted by Crippen LogP contribution is 2.39. The summed E-state index contributed by atoms with van der Waals surface area (Å²) in [6, 6.07) is 7.15. The highest BCUT2D eigenvalue weighted by atomic mass is 16.6. The molecule has 1 aliphatic carbocycles. The Balaban J connectivity index is 1.61. The van der Waals surface area contributed by atoms with Crippen LogP contribution in [0.15, 0.2) is 30.5 Å². The minimum atomic E-state index is -0.356. The molecule has 1 aromatic carbocycles. The fourth-order valence-corrected chi connectivity index (χ4v) is 3.41. The minimum Gasteiger partial charge on any atom is -0.380 e. The van der Waals surface area contributed by atoms with Gasteiger partial charge in [0.05, 0.1) is 22.1 Å². The summed E-state index contributed by atoms with van der Waals surface area (Å²) in [7, 11) is 0. The van der Waals surface area contributed by atoms with Gasteiger partial charge in [-0.3, -0.25) is 15.1 Å². The smallest absolute Gasteiger partial charge is 0.278 e. The molecule has 1 aromatic heterocycles. The largest absolute Gasteiger partial charge is 0.380 e. The Morgan fingerprint density at radius 3 is 2.91 bits per heavy atom. The van der Waals surface area contributed by atoms with Crippen LogP contribution in [0.1, 0.15) is 25.7 Å². The molecule has 1 N–H and O–H groups in total. The van der Waals surface area contributed by atoms with E-state index in [-0.39, 0.29) is 10.6 Å². The quantitative estimate of drug-likeness (QED) is 0.690. The molecule has 0 amide bonds. The van der Waals surface area contributed by atoms with E-state index in [4.69, 9.17) is 4.74 Å². The number of nitro benzene ring substituents is 1. The van der Waals surface area contributed by atoms with Crippen molar-refractivity contribution < 1.29 is 9.66 Å². The van der Waals surface area contributed by atoms with Gasteiger partial charge in [-0.15, -0.1) is 0 Å². The predicted octanol–water partition coefficient (Wildman–Crippen LogP) is 3.51. The van der Waals surface area contributed by atoms with Crippen LogP contribution in [0.25, 0.3) is 10.9 Å². The molecular weight excluding hydrogens is 294 g/mol. The highest BCUT2D eigenvalue weighted by molar-refractivity contribution is 5.96. The van der Waals surface area contributed by atoms with E-state index in [1.165, 1.54) is 12.8 Å². The van der Waals surface area contributed by atoms with E-state index in [1.54, 1.807) is 30.5 Å². The van der Waals surface area contributed by atoms with Crippen LogP contribution in [0.2, 0.25) is 0 Å². The second-order valence-corrected chi connectivity index (χ2v) is 6.40. The molecule has 6 nitrogen and oxygen atoms in total. The number of aromatic nitrogens is 1. The number of anilines is 1. The van der Waals surface area contributed by atoms with Crippen molar-refractivity contribution in [1.82, 2.24) is 4.98 Å². The summed E-state index contributed by atoms with van der Waals surface area (Å²) in [6.07, 6.45) is 6.54. The summed E-state index contributed by atoms with van der Waals surface area (Å²) < 4.78 is 5.86. The summed E-state index contributed by atoms with van der Waals surface area (Å²) in [4.78, 5) is 15.2. The van der Waals surface area contributed by atoms with E-state index >= 15 is 0 Å². The monoisotopic (exact) mass is 313 g/mol. The third-order valence-corrected chi connectivity index (χ3v) is 4.77. The number of pyridine rings is 1. The van der Waals surface area contributed by atoms with E-state index in [9.17, 15) is 10.1 Å². The maximum absolute atomic E-state index is 11.2. The molecule has 2 aliphatic rings. The molecule has 2 heterocycles. The van der Waals surface area contributed by atoms with Gasteiger partial charge in [0.1, 0.15) is 5.52 Å². The average Bonchev–Trinajstić information content (AvgIpc) is 3.40. The maximum Gasteiger partial charge on any atom is 0.278 e. The maximum atomic E-state index is 11.2. The zero-order valence-corrected chi connectivity index (χ0v) is 12.8. The van der Waals surface area contributed by atoms with E-state index in [2.05, 4.69) is 10.3 Å². The standard InChI is InChI=1S/C17H19N3O3/c21-20(22)15-6-5-14(17-13(15)2-1-8-18-17)19-12-7-9-23-16(10-12)11-3-4-11/h1-2,5-6,8,11-12,16,19H,3-4,7,9-10H2. The van der Waals surface area contributed by atoms with Crippen LogP contribution in [-0.2, 0) is 4.74 Å². The third-order valence-electron chi connectivity index (χ3n) is 4.77. The molecule has 0 spiro atoms. The molecular formula is C17H19N3O3. The first-order valence-electron chi connectivity index (χ1n) is 8.12. The lowest BCUT2D eigenvalue weighted by Gasteiger charge is -2.31. The zero-order chi connectivity index (χ0) is 15.8. The Morgan fingerprint density at radius 2 is 2.13 bits per heavy atom. The minimum absolute atomic E-state index is 0.0986. The molecule has 6 heteroatoms. The number of fused-ring (bicyclic) bond motifs is 1. The zero-order valence-electron chi connectivity index (χ0n) is 12.8. The Bertz CT molecular complexity index is 745. The Labute approximate surface area is 134 Å². The molecule has 120 valence electrons. The molecule has 2 unspecified atom stereocenters. The number of nitrogens with zero attached hydrogens (tertiary/aromatic N) is 2. The van der Waals surface area contributed by atoms with Crippen molar-refractivity contribution in [1.29, 1.82) is 0 Å². The van der Waals surface area contributed by atoms with E-state index in [0.29, 0.717) is 23.0 Å². The summed E-state index contributed by atoms with van der Waals surface area (Å²) in [5.41, 5.74) is 1.63. The summed E-state index contributed by atoms with van der Waals surface area (Å²) in [5.74, 6) is 0.728. The summed E-state index contributed by atoms with van der Waals surface area (Å²) in [6.45, 7) is 0.775. The second kappa shape index (κ2) is 5.77. The number of hydrogen-bond donors (Lipinski definition) is 1. The molecule has 2 atom stereocenters. The third kappa shape index (κ3) is 2.86. The Hall–Kier alpha value is -2.21. The van der Waals surface area contributed by atoms with Crippen LogP contribution in [0.5, 0.6) is 0 Å². The number of ether oxygens (including phenoxy) is 1. The molecule has 1 saturated carbocycles. The van der Waals surface area contributed by atoms with Gasteiger partial charge in [-0.05, 0) is 49.8 Å². The molecule has 0 radical (unpaired) electrons. The lowest BCUT2D eigenvalue weighted by molar-refractivity contribution is -0.383. The second-order valence-electron chi connectivity index (χ2n) is 6.40. The van der Waals surface area contributed by atoms with Crippen LogP contribution in [0.3, 0.4) is 0 Å². The van der Waals surface area contributed by atoms with Crippen LogP contribution in [0, 0.1) is 16.0 Å². The van der Waals surface area contributed by atoms with Crippen LogP contribution >= 0.6 is 0 Å². The van der Waals surface area contributed by atoms with Crippen molar-refractivity contribution in [2.24, 2.45) is 5.92 Å². The number of hydrogen-bond acceptors (Lipinski definition) is 5. The average molecular weight is 313 g/mol. The van der Waals surface area contributed by atoms with Crippen LogP contribution in [-0.4, -0.2) is 28.7 Å². The molecule has 1 saturated heterocycles. The SMILES string of the molecule is O=[N+]([O-])c1ccc(NC2CCOC(C3CC3)C2)c2ncccc12. The van der Waals surface area contributed by atoms with E-state index < -0.39 is 0 Å². The highest BCUT2D eigenvalue weighted by Gasteiger charge is 2.36. The van der Waals surface area contributed by atoms with Crippen LogP contribution in [0.4, 0.5) is 11.4 Å². The molecule has 2 aromatic rings. The van der Waals surface area contributed by atoms with Gasteiger partial charge in [-0.2, -0.15) is 0 Å². The number of non-ortho nitro benzene ring substituents is 1. The van der Waals surface area contributed by atoms with Gasteiger partial charge in [-0.1, -0.05) is 0 Å². The van der Waals surface area contributed by atoms with Crippen molar-refractivity contribution in [3.63, 3.8) is 0 Å². The van der Waals surface area contributed by atoms with Gasteiger partial charge in [0.15, 0.2) is 0 Å². The van der Waals surface area contributed by atoms with Gasteiger partial charge < -0.3 is 10.1 Å². The topological polar surface area (TPSA) is 77.3 Å². The number of nitro groups is 1. The fourth-order valence-electron chi connectivity index (χ4n) is 3.41. The number of benzene rings is 1. The van der Waals surface area contributed by atoms with Gasteiger partial charge in [-0.25, -0.2) is 0 Å². The van der Waals surface area contributed by atoms with Crippen molar-refractivity contribution in [3.05, 3.63) is 40.6 Å². The summed E-state index contributed by atoms with van der Waals surface area (Å²) >= 11 is 0. The van der Waals surface area contributed by atoms with Gasteiger partial charge in [0.25, 0.3) is 5.69 Å². The summed E-state index contributed by atoms with van der Waals surface area (Å²) in [5, 5.41) is 15.3. The Morgan fingerprint density at radius 1 is 1.26 bits per heavy atom. The molecule has 1 aliphatic heterocycles. The molecule has 0 bridgehead atoms. The van der Waals surface area contributed by atoms with Gasteiger partial charge in [0.2, 0.25) is 0 Å². The number of nitrogens with one attached hydrogen (secondary N) is 1. The van der Waals surface area contributed by atoms with Gasteiger partial charge >= 0.3 is 0 Å². The van der Waals surface area contributed by atoms with Crippen molar-refractivity contribution in [2.45, 2.75) is 37.8 Å².